The highest BCUT2D eigenvalue weighted by atomic mass is 32.2. The second kappa shape index (κ2) is 8.85. The molecule has 0 aliphatic heterocycles. The monoisotopic (exact) mass is 425 g/mol. The molecule has 6 nitrogen and oxygen atoms in total. The molecule has 30 heavy (non-hydrogen) atoms. The lowest BCUT2D eigenvalue weighted by atomic mass is 10.0. The number of aromatic amines is 1. The number of rotatable bonds is 9. The van der Waals surface area contributed by atoms with E-state index in [0.29, 0.717) is 30.3 Å². The zero-order valence-corrected chi connectivity index (χ0v) is 17.2. The van der Waals surface area contributed by atoms with Gasteiger partial charge in [0.2, 0.25) is 9.84 Å². The molecule has 1 aromatic heterocycles. The fourth-order valence-electron chi connectivity index (χ4n) is 3.18. The Morgan fingerprint density at radius 3 is 2.63 bits per heavy atom. The van der Waals surface area contributed by atoms with Crippen LogP contribution in [0.5, 0.6) is 11.5 Å². The van der Waals surface area contributed by atoms with Crippen molar-refractivity contribution < 1.29 is 17.9 Å². The first-order chi connectivity index (χ1) is 14.5. The highest BCUT2D eigenvalue weighted by molar-refractivity contribution is 7.91. The molecule has 1 N–H and O–H groups in total. The predicted octanol–water partition coefficient (Wildman–Crippen LogP) is 3.92. The molecular weight excluding hydrogens is 402 g/mol. The second-order valence-electron chi connectivity index (χ2n) is 7.44. The number of hydrogen-bond donors (Lipinski definition) is 1. The number of ether oxygens (including phenoxy) is 2. The number of H-pyrrole nitrogens is 1. The van der Waals surface area contributed by atoms with Crippen LogP contribution >= 0.6 is 0 Å². The summed E-state index contributed by atoms with van der Waals surface area (Å²) in [6.45, 7) is 0.499. The Labute approximate surface area is 175 Å². The van der Waals surface area contributed by atoms with Crippen LogP contribution in [0.2, 0.25) is 0 Å². The van der Waals surface area contributed by atoms with Gasteiger partial charge in [-0.2, -0.15) is 0 Å². The van der Waals surface area contributed by atoms with Crippen molar-refractivity contribution in [2.45, 2.75) is 24.2 Å². The molecule has 3 aromatic rings. The maximum atomic E-state index is 12.8. The Balaban J connectivity index is 1.52. The average molecular weight is 426 g/mol. The molecule has 1 aliphatic rings. The zero-order valence-electron chi connectivity index (χ0n) is 16.4. The van der Waals surface area contributed by atoms with Crippen LogP contribution < -0.4 is 10.3 Å². The molecule has 0 radical (unpaired) electrons. The van der Waals surface area contributed by atoms with E-state index in [1.54, 1.807) is 36.4 Å². The van der Waals surface area contributed by atoms with E-state index in [2.05, 4.69) is 4.98 Å². The minimum atomic E-state index is -3.54. The van der Waals surface area contributed by atoms with Gasteiger partial charge in [0, 0.05) is 6.20 Å². The normalized spacial score (nSPS) is 13.9. The van der Waals surface area contributed by atoms with Gasteiger partial charge in [-0.15, -0.1) is 0 Å². The molecule has 156 valence electrons. The molecule has 0 saturated heterocycles. The second-order valence-corrected chi connectivity index (χ2v) is 9.35. The largest absolute Gasteiger partial charge is 0.452 e. The summed E-state index contributed by atoms with van der Waals surface area (Å²) in [7, 11) is -3.54. The smallest absolute Gasteiger partial charge is 0.290 e. The predicted molar refractivity (Wildman–Crippen MR) is 114 cm³/mol. The Hall–Kier alpha value is -2.90. The molecule has 1 heterocycles. The number of hydrogen-bond acceptors (Lipinski definition) is 5. The standard InChI is InChI=1S/C23H23NO5S/c25-23-21(8-4-12-24-23)29-20-7-3-5-18(14-20)13-19-6-1-2-9-22(19)30(26,27)16-28-15-17-10-11-17/h1-9,12,14,17H,10-11,13,15-16H2,(H,24,25). The van der Waals surface area contributed by atoms with Crippen LogP contribution in [0, 0.1) is 5.92 Å². The summed E-state index contributed by atoms with van der Waals surface area (Å²) in [6, 6.07) is 17.5. The van der Waals surface area contributed by atoms with Gasteiger partial charge in [-0.05, 0) is 66.6 Å². The topological polar surface area (TPSA) is 85.5 Å². The molecule has 0 spiro atoms. The van der Waals surface area contributed by atoms with Gasteiger partial charge in [-0.1, -0.05) is 30.3 Å². The summed E-state index contributed by atoms with van der Waals surface area (Å²) in [5.74, 6) is 0.915. The Bertz CT molecular complexity index is 1180. The van der Waals surface area contributed by atoms with Crippen molar-refractivity contribution in [2.75, 3.05) is 12.5 Å². The van der Waals surface area contributed by atoms with Crippen molar-refractivity contribution in [3.05, 3.63) is 88.3 Å². The van der Waals surface area contributed by atoms with Gasteiger partial charge in [0.1, 0.15) is 5.75 Å². The number of pyridine rings is 1. The molecule has 1 saturated carbocycles. The molecule has 0 amide bonds. The minimum absolute atomic E-state index is 0.199. The van der Waals surface area contributed by atoms with Gasteiger partial charge >= 0.3 is 0 Å². The van der Waals surface area contributed by atoms with E-state index >= 15 is 0 Å². The number of aromatic nitrogens is 1. The van der Waals surface area contributed by atoms with Crippen molar-refractivity contribution in [3.63, 3.8) is 0 Å². The molecular formula is C23H23NO5S. The lowest BCUT2D eigenvalue weighted by Crippen LogP contribution is -2.13. The average Bonchev–Trinajstić information content (AvgIpc) is 3.55. The Morgan fingerprint density at radius 1 is 1.00 bits per heavy atom. The first-order valence-corrected chi connectivity index (χ1v) is 11.5. The van der Waals surface area contributed by atoms with Crippen molar-refractivity contribution >= 4 is 9.84 Å². The van der Waals surface area contributed by atoms with Gasteiger partial charge < -0.3 is 14.5 Å². The van der Waals surface area contributed by atoms with Gasteiger partial charge in [0.05, 0.1) is 11.5 Å². The van der Waals surface area contributed by atoms with E-state index in [0.717, 1.165) is 18.4 Å². The maximum absolute atomic E-state index is 12.8. The molecule has 7 heteroatoms. The highest BCUT2D eigenvalue weighted by Crippen LogP contribution is 2.29. The van der Waals surface area contributed by atoms with Gasteiger partial charge in [-0.25, -0.2) is 8.42 Å². The third kappa shape index (κ3) is 5.17. The molecule has 1 aliphatic carbocycles. The Kier molecular flexibility index (Phi) is 6.01. The number of sulfone groups is 1. The molecule has 0 bridgehead atoms. The van der Waals surface area contributed by atoms with E-state index in [4.69, 9.17) is 9.47 Å². The summed E-state index contributed by atoms with van der Waals surface area (Å²) >= 11 is 0. The molecule has 4 rings (SSSR count). The SMILES string of the molecule is O=c1[nH]cccc1Oc1cccc(Cc2ccccc2S(=O)(=O)COCC2CC2)c1. The quantitative estimate of drug-likeness (QED) is 0.562. The lowest BCUT2D eigenvalue weighted by Gasteiger charge is -2.12. The number of nitrogens with one attached hydrogen (secondary N) is 1. The van der Waals surface area contributed by atoms with Crippen molar-refractivity contribution in [2.24, 2.45) is 5.92 Å². The van der Waals surface area contributed by atoms with Crippen LogP contribution in [-0.2, 0) is 21.0 Å². The zero-order chi connectivity index (χ0) is 21.0. The summed E-state index contributed by atoms with van der Waals surface area (Å²) in [6.07, 6.45) is 4.19. The highest BCUT2D eigenvalue weighted by Gasteiger charge is 2.24. The van der Waals surface area contributed by atoms with E-state index < -0.39 is 9.84 Å². The first kappa shape index (κ1) is 20.4. The van der Waals surface area contributed by atoms with Crippen molar-refractivity contribution in [1.82, 2.24) is 4.98 Å². The summed E-state index contributed by atoms with van der Waals surface area (Å²) in [5.41, 5.74) is 1.26. The van der Waals surface area contributed by atoms with E-state index in [-0.39, 0.29) is 22.1 Å². The molecule has 0 atom stereocenters. The van der Waals surface area contributed by atoms with E-state index in [1.165, 1.54) is 6.20 Å². The van der Waals surface area contributed by atoms with Gasteiger partial charge in [0.15, 0.2) is 11.7 Å². The lowest BCUT2D eigenvalue weighted by molar-refractivity contribution is 0.165. The molecule has 0 unspecified atom stereocenters. The van der Waals surface area contributed by atoms with Crippen LogP contribution in [0.1, 0.15) is 24.0 Å². The van der Waals surface area contributed by atoms with Gasteiger partial charge in [0.25, 0.3) is 5.56 Å². The summed E-state index contributed by atoms with van der Waals surface area (Å²) in [5, 5.41) is 0. The fourth-order valence-corrected chi connectivity index (χ4v) is 4.45. The third-order valence-electron chi connectivity index (χ3n) is 4.90. The van der Waals surface area contributed by atoms with Crippen LogP contribution in [-0.4, -0.2) is 25.9 Å². The number of benzene rings is 2. The summed E-state index contributed by atoms with van der Waals surface area (Å²) < 4.78 is 36.7. The van der Waals surface area contributed by atoms with Crippen LogP contribution in [0.25, 0.3) is 0 Å². The third-order valence-corrected chi connectivity index (χ3v) is 6.44. The van der Waals surface area contributed by atoms with Crippen LogP contribution in [0.4, 0.5) is 0 Å². The fraction of sp³-hybridized carbons (Fsp3) is 0.261. The minimum Gasteiger partial charge on any atom is -0.452 e. The van der Waals surface area contributed by atoms with E-state index in [1.807, 2.05) is 24.3 Å². The Morgan fingerprint density at radius 2 is 1.83 bits per heavy atom. The van der Waals surface area contributed by atoms with Crippen molar-refractivity contribution in [1.29, 1.82) is 0 Å². The summed E-state index contributed by atoms with van der Waals surface area (Å²) in [4.78, 5) is 14.7. The van der Waals surface area contributed by atoms with Crippen LogP contribution in [0.3, 0.4) is 0 Å². The molecule has 1 fully saturated rings. The maximum Gasteiger partial charge on any atom is 0.290 e. The molecule has 2 aromatic carbocycles. The van der Waals surface area contributed by atoms with Crippen LogP contribution in [0.15, 0.2) is 76.6 Å². The van der Waals surface area contributed by atoms with E-state index in [9.17, 15) is 13.2 Å². The first-order valence-electron chi connectivity index (χ1n) is 9.84. The van der Waals surface area contributed by atoms with Crippen molar-refractivity contribution in [3.8, 4) is 11.5 Å². The van der Waals surface area contributed by atoms with Gasteiger partial charge in [-0.3, -0.25) is 4.79 Å².